The molecule has 24 heavy (non-hydrogen) atoms. The molecule has 0 fully saturated rings. The number of carbonyl (C=O) groups is 1. The molecule has 0 heterocycles. The van der Waals surface area contributed by atoms with E-state index in [-0.39, 0.29) is 4.90 Å². The molecule has 2 aromatic rings. The second-order valence-electron chi connectivity index (χ2n) is 4.99. The van der Waals surface area contributed by atoms with Gasteiger partial charge in [-0.15, -0.1) is 0 Å². The second kappa shape index (κ2) is 7.91. The Kier molecular flexibility index (Phi) is 5.91. The fraction of sp³-hybridized carbons (Fsp3) is 0.188. The molecular formula is C16H18N2O5S. The van der Waals surface area contributed by atoms with Crippen molar-refractivity contribution in [1.82, 2.24) is 10.8 Å². The number of amides is 1. The zero-order valence-electron chi connectivity index (χ0n) is 13.0. The van der Waals surface area contributed by atoms with Gasteiger partial charge in [-0.2, -0.15) is 0 Å². The van der Waals surface area contributed by atoms with E-state index < -0.39 is 27.5 Å². The lowest BCUT2D eigenvalue weighted by atomic mass is 10.3. The van der Waals surface area contributed by atoms with E-state index in [4.69, 9.17) is 9.94 Å². The van der Waals surface area contributed by atoms with E-state index in [1.807, 2.05) is 18.2 Å². The highest BCUT2D eigenvalue weighted by molar-refractivity contribution is 7.91. The van der Waals surface area contributed by atoms with Crippen LogP contribution in [0.5, 0.6) is 11.5 Å². The summed E-state index contributed by atoms with van der Waals surface area (Å²) in [6.45, 7) is 0. The molecule has 0 aliphatic rings. The number of para-hydroxylation sites is 1. The average molecular weight is 350 g/mol. The van der Waals surface area contributed by atoms with Gasteiger partial charge in [-0.1, -0.05) is 18.2 Å². The average Bonchev–Trinajstić information content (AvgIpc) is 2.60. The normalized spacial score (nSPS) is 12.4. The number of sulfone groups is 1. The van der Waals surface area contributed by atoms with Crippen LogP contribution in [0.25, 0.3) is 0 Å². The van der Waals surface area contributed by atoms with Crippen LogP contribution in [-0.4, -0.2) is 38.4 Å². The SMILES string of the molecule is CNC(CS(=O)(=O)c1ccc(Oc2ccccc2)cc1)C(=O)NO. The third-order valence-corrected chi connectivity index (χ3v) is 5.09. The summed E-state index contributed by atoms with van der Waals surface area (Å²) in [5.74, 6) is -0.152. The van der Waals surface area contributed by atoms with E-state index in [1.165, 1.54) is 24.7 Å². The number of hydrogen-bond donors (Lipinski definition) is 3. The lowest BCUT2D eigenvalue weighted by molar-refractivity contribution is -0.130. The highest BCUT2D eigenvalue weighted by Gasteiger charge is 2.25. The molecular weight excluding hydrogens is 332 g/mol. The Morgan fingerprint density at radius 1 is 1.08 bits per heavy atom. The maximum atomic E-state index is 12.3. The molecule has 2 rings (SSSR count). The maximum Gasteiger partial charge on any atom is 0.261 e. The maximum absolute atomic E-state index is 12.3. The molecule has 7 nitrogen and oxygen atoms in total. The van der Waals surface area contributed by atoms with Gasteiger partial charge in [-0.25, -0.2) is 13.9 Å². The Morgan fingerprint density at radius 3 is 2.21 bits per heavy atom. The lowest BCUT2D eigenvalue weighted by Gasteiger charge is -2.14. The predicted molar refractivity (Wildman–Crippen MR) is 87.8 cm³/mol. The van der Waals surface area contributed by atoms with E-state index in [9.17, 15) is 13.2 Å². The van der Waals surface area contributed by atoms with Gasteiger partial charge < -0.3 is 10.1 Å². The molecule has 2 aromatic carbocycles. The van der Waals surface area contributed by atoms with Gasteiger partial charge in [0.2, 0.25) is 0 Å². The topological polar surface area (TPSA) is 105 Å². The van der Waals surface area contributed by atoms with Crippen LogP contribution in [0.15, 0.2) is 59.5 Å². The monoisotopic (exact) mass is 350 g/mol. The van der Waals surface area contributed by atoms with Crippen molar-refractivity contribution in [2.75, 3.05) is 12.8 Å². The standard InChI is InChI=1S/C16H18N2O5S/c1-17-15(16(19)18-20)11-24(21,22)14-9-7-13(8-10-14)23-12-5-3-2-4-6-12/h2-10,15,17,20H,11H2,1H3,(H,18,19). The number of nitrogens with one attached hydrogen (secondary N) is 2. The quantitative estimate of drug-likeness (QED) is 0.514. The fourth-order valence-electron chi connectivity index (χ4n) is 2.02. The van der Waals surface area contributed by atoms with Crippen LogP contribution < -0.4 is 15.5 Å². The molecule has 0 radical (unpaired) electrons. The van der Waals surface area contributed by atoms with E-state index in [0.29, 0.717) is 11.5 Å². The number of hydrogen-bond acceptors (Lipinski definition) is 6. The summed E-state index contributed by atoms with van der Waals surface area (Å²) in [4.78, 5) is 11.5. The Bertz CT molecular complexity index is 776. The van der Waals surface area contributed by atoms with Gasteiger partial charge in [0, 0.05) is 0 Å². The molecule has 0 bridgehead atoms. The first-order valence-electron chi connectivity index (χ1n) is 7.13. The molecule has 128 valence electrons. The Balaban J connectivity index is 2.12. The zero-order valence-corrected chi connectivity index (χ0v) is 13.8. The Hall–Kier alpha value is -2.42. The van der Waals surface area contributed by atoms with Crippen LogP contribution >= 0.6 is 0 Å². The first-order chi connectivity index (χ1) is 11.5. The largest absolute Gasteiger partial charge is 0.457 e. The minimum Gasteiger partial charge on any atom is -0.457 e. The van der Waals surface area contributed by atoms with Crippen LogP contribution in [0.4, 0.5) is 0 Å². The summed E-state index contributed by atoms with van der Waals surface area (Å²) < 4.78 is 30.3. The number of hydroxylamine groups is 1. The molecule has 0 aliphatic carbocycles. The van der Waals surface area contributed by atoms with Crippen molar-refractivity contribution in [2.24, 2.45) is 0 Å². The first-order valence-corrected chi connectivity index (χ1v) is 8.78. The van der Waals surface area contributed by atoms with Gasteiger partial charge in [0.05, 0.1) is 10.6 Å². The Labute approximate surface area is 140 Å². The van der Waals surface area contributed by atoms with E-state index >= 15 is 0 Å². The van der Waals surface area contributed by atoms with Gasteiger partial charge in [-0.05, 0) is 43.4 Å². The highest BCUT2D eigenvalue weighted by Crippen LogP contribution is 2.23. The number of rotatable bonds is 7. The third-order valence-electron chi connectivity index (χ3n) is 3.32. The summed E-state index contributed by atoms with van der Waals surface area (Å²) in [7, 11) is -2.27. The predicted octanol–water partition coefficient (Wildman–Crippen LogP) is 1.35. The van der Waals surface area contributed by atoms with Gasteiger partial charge >= 0.3 is 0 Å². The molecule has 0 spiro atoms. The number of likely N-dealkylation sites (N-methyl/N-ethyl adjacent to an activating group) is 1. The lowest BCUT2D eigenvalue weighted by Crippen LogP contribution is -2.45. The number of benzene rings is 2. The van der Waals surface area contributed by atoms with Crippen molar-refractivity contribution in [1.29, 1.82) is 0 Å². The molecule has 0 aromatic heterocycles. The molecule has 1 atom stereocenters. The highest BCUT2D eigenvalue weighted by atomic mass is 32.2. The number of carbonyl (C=O) groups excluding carboxylic acids is 1. The van der Waals surface area contributed by atoms with E-state index in [0.717, 1.165) is 0 Å². The second-order valence-corrected chi connectivity index (χ2v) is 7.02. The molecule has 0 saturated carbocycles. The summed E-state index contributed by atoms with van der Waals surface area (Å²) >= 11 is 0. The van der Waals surface area contributed by atoms with Gasteiger partial charge in [0.15, 0.2) is 9.84 Å². The summed E-state index contributed by atoms with van der Waals surface area (Å²) in [6, 6.07) is 14.0. The minimum absolute atomic E-state index is 0.0638. The van der Waals surface area contributed by atoms with Gasteiger partial charge in [0.25, 0.3) is 5.91 Å². The van der Waals surface area contributed by atoms with Crippen molar-refractivity contribution in [2.45, 2.75) is 10.9 Å². The molecule has 8 heteroatoms. The summed E-state index contributed by atoms with van der Waals surface area (Å²) in [5, 5.41) is 11.2. The van der Waals surface area contributed by atoms with E-state index in [2.05, 4.69) is 5.32 Å². The van der Waals surface area contributed by atoms with Crippen LogP contribution in [0.3, 0.4) is 0 Å². The van der Waals surface area contributed by atoms with Crippen LogP contribution in [0.1, 0.15) is 0 Å². The van der Waals surface area contributed by atoms with Crippen LogP contribution in [0.2, 0.25) is 0 Å². The van der Waals surface area contributed by atoms with Gasteiger partial charge in [0.1, 0.15) is 17.5 Å². The molecule has 0 aliphatic heterocycles. The van der Waals surface area contributed by atoms with Crippen molar-refractivity contribution < 1.29 is 23.2 Å². The van der Waals surface area contributed by atoms with Gasteiger partial charge in [-0.3, -0.25) is 10.0 Å². The van der Waals surface area contributed by atoms with Crippen molar-refractivity contribution >= 4 is 15.7 Å². The Morgan fingerprint density at radius 2 is 1.67 bits per heavy atom. The number of ether oxygens (including phenoxy) is 1. The fourth-order valence-corrected chi connectivity index (χ4v) is 3.52. The van der Waals surface area contributed by atoms with Crippen LogP contribution in [0, 0.1) is 0 Å². The molecule has 3 N–H and O–H groups in total. The molecule has 0 saturated heterocycles. The smallest absolute Gasteiger partial charge is 0.261 e. The van der Waals surface area contributed by atoms with Crippen molar-refractivity contribution in [3.8, 4) is 11.5 Å². The zero-order chi connectivity index (χ0) is 17.6. The molecule has 1 amide bonds. The van der Waals surface area contributed by atoms with E-state index in [1.54, 1.807) is 24.3 Å². The van der Waals surface area contributed by atoms with Crippen molar-refractivity contribution in [3.63, 3.8) is 0 Å². The van der Waals surface area contributed by atoms with Crippen molar-refractivity contribution in [3.05, 3.63) is 54.6 Å². The summed E-state index contributed by atoms with van der Waals surface area (Å²) in [6.07, 6.45) is 0. The minimum atomic E-state index is -3.71. The first kappa shape index (κ1) is 17.9. The summed E-state index contributed by atoms with van der Waals surface area (Å²) in [5.41, 5.74) is 1.44. The molecule has 1 unspecified atom stereocenters. The third kappa shape index (κ3) is 4.54. The van der Waals surface area contributed by atoms with Crippen LogP contribution in [-0.2, 0) is 14.6 Å².